The van der Waals surface area contributed by atoms with E-state index in [4.69, 9.17) is 0 Å². The molecule has 0 radical (unpaired) electrons. The molecule has 0 rings (SSSR count). The van der Waals surface area contributed by atoms with E-state index in [0.717, 1.165) is 0 Å². The first-order valence-electron chi connectivity index (χ1n) is 5.62. The molecule has 3 heteroatoms. The minimum absolute atomic E-state index is 1.06. The van der Waals surface area contributed by atoms with E-state index >= 15 is 0 Å². The highest BCUT2D eigenvalue weighted by Crippen LogP contribution is 2.15. The van der Waals surface area contributed by atoms with Gasteiger partial charge >= 0.3 is 0 Å². The third-order valence-electron chi connectivity index (χ3n) is 2.43. The fourth-order valence-corrected chi connectivity index (χ4v) is 13.1. The first-order valence-corrected chi connectivity index (χ1v) is 12.0. The highest BCUT2D eigenvalue weighted by Gasteiger charge is 2.29. The van der Waals surface area contributed by atoms with Gasteiger partial charge in [0, 0.05) is 0 Å². The van der Waals surface area contributed by atoms with Crippen molar-refractivity contribution in [2.24, 2.45) is 0 Å². The first kappa shape index (κ1) is 13.4. The van der Waals surface area contributed by atoms with E-state index in [9.17, 15) is 0 Å². The Morgan fingerprint density at radius 2 is 1.08 bits per heavy atom. The fourth-order valence-electron chi connectivity index (χ4n) is 2.29. The molecule has 0 aromatic rings. The maximum absolute atomic E-state index is 4.01. The van der Waals surface area contributed by atoms with Gasteiger partial charge in [-0.2, -0.15) is 0 Å². The zero-order chi connectivity index (χ0) is 10.5. The highest BCUT2D eigenvalue weighted by molar-refractivity contribution is 6.91. The van der Waals surface area contributed by atoms with Crippen LogP contribution in [0.4, 0.5) is 0 Å². The van der Waals surface area contributed by atoms with Crippen LogP contribution < -0.4 is 4.65 Å². The molecule has 0 aliphatic carbocycles. The van der Waals surface area contributed by atoms with Crippen LogP contribution >= 0.6 is 0 Å². The van der Waals surface area contributed by atoms with Crippen LogP contribution in [-0.4, -0.2) is 16.5 Å². The average molecular weight is 218 g/mol. The van der Waals surface area contributed by atoms with Gasteiger partial charge in [0.15, 0.2) is 0 Å². The summed E-state index contributed by atoms with van der Waals surface area (Å²) in [5.41, 5.74) is 0. The van der Waals surface area contributed by atoms with Crippen LogP contribution in [0.25, 0.3) is 0 Å². The quantitative estimate of drug-likeness (QED) is 0.667. The summed E-state index contributed by atoms with van der Waals surface area (Å²) in [7, 11) is -2.13. The molecular formula is C10H27NSi2. The molecule has 0 saturated heterocycles. The molecule has 0 spiro atoms. The van der Waals surface area contributed by atoms with Crippen LogP contribution in [0.5, 0.6) is 0 Å². The van der Waals surface area contributed by atoms with Crippen molar-refractivity contribution in [3.05, 3.63) is 0 Å². The van der Waals surface area contributed by atoms with Crippen molar-refractivity contribution in [1.29, 1.82) is 0 Å². The van der Waals surface area contributed by atoms with E-state index in [0.29, 0.717) is 0 Å². The first-order chi connectivity index (χ1) is 5.83. The second-order valence-electron chi connectivity index (χ2n) is 5.39. The molecule has 1 N–H and O–H groups in total. The SMILES string of the molecule is CCC[Si](C)(C)N[Si](C)(C)CCC. The van der Waals surface area contributed by atoms with Crippen LogP contribution in [0.2, 0.25) is 38.3 Å². The average Bonchev–Trinajstić information content (AvgIpc) is 1.82. The molecule has 0 aliphatic heterocycles. The molecule has 0 heterocycles. The third kappa shape index (κ3) is 6.46. The molecule has 0 bridgehead atoms. The van der Waals surface area contributed by atoms with Crippen molar-refractivity contribution < 1.29 is 0 Å². The number of hydrogen-bond donors (Lipinski definition) is 1. The van der Waals surface area contributed by atoms with Gasteiger partial charge in [0.2, 0.25) is 0 Å². The highest BCUT2D eigenvalue weighted by atomic mass is 28.4. The minimum Gasteiger partial charge on any atom is -0.359 e. The number of rotatable bonds is 6. The second kappa shape index (κ2) is 5.32. The molecule has 0 amide bonds. The zero-order valence-electron chi connectivity index (χ0n) is 10.3. The van der Waals surface area contributed by atoms with Crippen LogP contribution in [0.15, 0.2) is 0 Å². The van der Waals surface area contributed by atoms with Crippen molar-refractivity contribution in [2.45, 2.75) is 65.0 Å². The summed E-state index contributed by atoms with van der Waals surface area (Å²) in [5, 5.41) is 0. The Morgan fingerprint density at radius 1 is 0.769 bits per heavy atom. The number of hydrogen-bond acceptors (Lipinski definition) is 1. The summed E-state index contributed by atoms with van der Waals surface area (Å²) in [4.78, 5) is 0. The lowest BCUT2D eigenvalue weighted by Gasteiger charge is -2.34. The van der Waals surface area contributed by atoms with Crippen LogP contribution in [0.3, 0.4) is 0 Å². The third-order valence-corrected chi connectivity index (χ3v) is 11.3. The maximum Gasteiger partial charge on any atom is 0.112 e. The lowest BCUT2D eigenvalue weighted by atomic mass is 10.6. The van der Waals surface area contributed by atoms with Crippen LogP contribution in [0, 0.1) is 0 Å². The molecule has 0 aromatic carbocycles. The van der Waals surface area contributed by atoms with Gasteiger partial charge in [-0.25, -0.2) is 0 Å². The van der Waals surface area contributed by atoms with E-state index in [-0.39, 0.29) is 0 Å². The fraction of sp³-hybridized carbons (Fsp3) is 1.00. The topological polar surface area (TPSA) is 12.0 Å². The Kier molecular flexibility index (Phi) is 5.48. The van der Waals surface area contributed by atoms with Crippen LogP contribution in [0.1, 0.15) is 26.7 Å². The standard InChI is InChI=1S/C10H27NSi2/c1-7-9-12(3,4)11-13(5,6)10-8-2/h11H,7-10H2,1-6H3. The summed E-state index contributed by atoms with van der Waals surface area (Å²) in [6.07, 6.45) is 2.67. The van der Waals surface area contributed by atoms with E-state index in [1.807, 2.05) is 0 Å². The predicted molar refractivity (Wildman–Crippen MR) is 68.3 cm³/mol. The summed E-state index contributed by atoms with van der Waals surface area (Å²) in [6.45, 7) is 14.5. The summed E-state index contributed by atoms with van der Waals surface area (Å²) >= 11 is 0. The lowest BCUT2D eigenvalue weighted by Crippen LogP contribution is -2.58. The molecule has 0 aromatic heterocycles. The molecule has 0 fully saturated rings. The monoisotopic (exact) mass is 217 g/mol. The zero-order valence-corrected chi connectivity index (χ0v) is 12.3. The van der Waals surface area contributed by atoms with Crippen molar-refractivity contribution in [1.82, 2.24) is 4.65 Å². The lowest BCUT2D eigenvalue weighted by molar-refractivity contribution is 0.992. The van der Waals surface area contributed by atoms with Crippen molar-refractivity contribution in [3.8, 4) is 0 Å². The van der Waals surface area contributed by atoms with E-state index in [1.165, 1.54) is 24.9 Å². The van der Waals surface area contributed by atoms with Crippen molar-refractivity contribution >= 4 is 16.5 Å². The van der Waals surface area contributed by atoms with E-state index < -0.39 is 16.5 Å². The summed E-state index contributed by atoms with van der Waals surface area (Å²) in [6, 6.07) is 2.85. The van der Waals surface area contributed by atoms with Gasteiger partial charge in [-0.15, -0.1) is 0 Å². The van der Waals surface area contributed by atoms with Crippen LogP contribution in [-0.2, 0) is 0 Å². The molecule has 0 atom stereocenters. The Hall–Kier alpha value is 0.394. The summed E-state index contributed by atoms with van der Waals surface area (Å²) in [5.74, 6) is 0. The van der Waals surface area contributed by atoms with Gasteiger partial charge in [0.1, 0.15) is 16.5 Å². The maximum atomic E-state index is 4.01. The number of nitrogens with one attached hydrogen (secondary N) is 1. The molecule has 80 valence electrons. The Labute approximate surface area is 86.5 Å². The predicted octanol–water partition coefficient (Wildman–Crippen LogP) is 3.81. The Morgan fingerprint density at radius 3 is 1.31 bits per heavy atom. The van der Waals surface area contributed by atoms with Gasteiger partial charge in [0.25, 0.3) is 0 Å². The van der Waals surface area contributed by atoms with Gasteiger partial charge in [-0.3, -0.25) is 0 Å². The van der Waals surface area contributed by atoms with Crippen molar-refractivity contribution in [3.63, 3.8) is 0 Å². The van der Waals surface area contributed by atoms with Gasteiger partial charge < -0.3 is 4.65 Å². The molecule has 0 unspecified atom stereocenters. The minimum atomic E-state index is -1.06. The molecule has 0 saturated carbocycles. The van der Waals surface area contributed by atoms with Gasteiger partial charge in [-0.1, -0.05) is 52.9 Å². The van der Waals surface area contributed by atoms with E-state index in [2.05, 4.69) is 44.7 Å². The second-order valence-corrected chi connectivity index (χ2v) is 14.9. The summed E-state index contributed by atoms with van der Waals surface area (Å²) < 4.78 is 4.01. The molecular weight excluding hydrogens is 190 g/mol. The smallest absolute Gasteiger partial charge is 0.112 e. The Bertz CT molecular complexity index is 128. The van der Waals surface area contributed by atoms with Gasteiger partial charge in [0.05, 0.1) is 0 Å². The van der Waals surface area contributed by atoms with E-state index in [1.54, 1.807) is 0 Å². The van der Waals surface area contributed by atoms with Crippen molar-refractivity contribution in [2.75, 3.05) is 0 Å². The molecule has 0 aliphatic rings. The van der Waals surface area contributed by atoms with Gasteiger partial charge in [-0.05, 0) is 12.1 Å². The Balaban J connectivity index is 4.07. The largest absolute Gasteiger partial charge is 0.359 e. The molecule has 1 nitrogen and oxygen atoms in total. The molecule has 13 heavy (non-hydrogen) atoms. The normalized spacial score (nSPS) is 13.4.